The molecule has 0 unspecified atom stereocenters. The average Bonchev–Trinajstić information content (AvgIpc) is 3.32. The van der Waals surface area contributed by atoms with E-state index in [1.807, 2.05) is 24.3 Å². The summed E-state index contributed by atoms with van der Waals surface area (Å²) in [4.78, 5) is 3.82. The molecule has 0 spiro atoms. The average molecular weight is 472 g/mol. The van der Waals surface area contributed by atoms with Crippen molar-refractivity contribution in [3.63, 3.8) is 0 Å². The summed E-state index contributed by atoms with van der Waals surface area (Å²) in [7, 11) is 0. The fraction of sp³-hybridized carbons (Fsp3) is 0.0909. The van der Waals surface area contributed by atoms with E-state index in [1.54, 1.807) is 0 Å². The molecule has 0 amide bonds. The van der Waals surface area contributed by atoms with Gasteiger partial charge < -0.3 is 14.8 Å². The Kier molecular flexibility index (Phi) is 6.72. The van der Waals surface area contributed by atoms with Gasteiger partial charge in [-0.2, -0.15) is 0 Å². The molecule has 4 aromatic carbocycles. The van der Waals surface area contributed by atoms with E-state index in [2.05, 4.69) is 103 Å². The Balaban J connectivity index is 1.70. The van der Waals surface area contributed by atoms with Crippen molar-refractivity contribution in [3.8, 4) is 50.5 Å². The zero-order chi connectivity index (χ0) is 24.9. The molecule has 0 saturated carbocycles. The summed E-state index contributed by atoms with van der Waals surface area (Å²) in [5.74, 6) is 0.691. The van der Waals surface area contributed by atoms with Gasteiger partial charge in [-0.05, 0) is 46.4 Å². The molecule has 5 aromatic rings. The van der Waals surface area contributed by atoms with Gasteiger partial charge in [-0.1, -0.05) is 111 Å². The highest BCUT2D eigenvalue weighted by Crippen LogP contribution is 2.43. The Bertz CT molecular complexity index is 1480. The first-order valence-corrected chi connectivity index (χ1v) is 12.2. The molecule has 5 rings (SSSR count). The van der Waals surface area contributed by atoms with Crippen LogP contribution < -0.4 is 4.74 Å². The number of aromatic amines is 1. The van der Waals surface area contributed by atoms with Crippen molar-refractivity contribution >= 4 is 0 Å². The van der Waals surface area contributed by atoms with Crippen molar-refractivity contribution < 1.29 is 9.84 Å². The second kappa shape index (κ2) is 10.4. The number of benzene rings is 4. The largest absolute Gasteiger partial charge is 0.509 e. The predicted octanol–water partition coefficient (Wildman–Crippen LogP) is 8.70. The van der Waals surface area contributed by atoms with Gasteiger partial charge in [0.15, 0.2) is 0 Å². The number of aromatic nitrogens is 1. The molecule has 0 aliphatic carbocycles. The minimum atomic E-state index is 0.00154. The summed E-state index contributed by atoms with van der Waals surface area (Å²) in [6.45, 7) is 5.80. The molecule has 178 valence electrons. The minimum absolute atomic E-state index is 0.00154. The Hall–Kier alpha value is -4.50. The van der Waals surface area contributed by atoms with E-state index in [4.69, 9.17) is 4.74 Å². The monoisotopic (exact) mass is 471 g/mol. The van der Waals surface area contributed by atoms with Gasteiger partial charge in [0, 0.05) is 11.1 Å². The standard InChI is InChI=1S/C33H29NO2/c1-3-28-31(24-13-6-4-7-14-24)32(25-15-8-5-9-16-25)34-33(28)30-20-11-10-19-29(30)26-17-12-18-27(21-26)36-22-23(2)35/h4-21,34-35H,2-3,22H2,1H3. The van der Waals surface area contributed by atoms with Crippen molar-refractivity contribution in [2.75, 3.05) is 6.61 Å². The lowest BCUT2D eigenvalue weighted by atomic mass is 9.91. The maximum absolute atomic E-state index is 9.44. The van der Waals surface area contributed by atoms with Crippen molar-refractivity contribution in [1.82, 2.24) is 4.98 Å². The third-order valence-electron chi connectivity index (χ3n) is 6.33. The molecule has 3 heteroatoms. The van der Waals surface area contributed by atoms with Crippen LogP contribution >= 0.6 is 0 Å². The van der Waals surface area contributed by atoms with Crippen molar-refractivity contribution in [2.45, 2.75) is 13.3 Å². The van der Waals surface area contributed by atoms with E-state index in [-0.39, 0.29) is 12.4 Å². The molecular formula is C33H29NO2. The zero-order valence-corrected chi connectivity index (χ0v) is 20.4. The molecule has 0 saturated heterocycles. The number of aliphatic hydroxyl groups excluding tert-OH is 1. The first kappa shape index (κ1) is 23.3. The maximum Gasteiger partial charge on any atom is 0.144 e. The Morgan fingerprint density at radius 1 is 0.722 bits per heavy atom. The van der Waals surface area contributed by atoms with Gasteiger partial charge in [0.05, 0.1) is 11.4 Å². The first-order chi connectivity index (χ1) is 17.7. The number of nitrogens with one attached hydrogen (secondary N) is 1. The summed E-state index contributed by atoms with van der Waals surface area (Å²) < 4.78 is 5.70. The molecule has 1 aromatic heterocycles. The summed E-state index contributed by atoms with van der Waals surface area (Å²) in [6, 6.07) is 37.5. The molecule has 0 bridgehead atoms. The number of aliphatic hydroxyl groups is 1. The molecule has 3 nitrogen and oxygen atoms in total. The lowest BCUT2D eigenvalue weighted by molar-refractivity contribution is 0.272. The smallest absolute Gasteiger partial charge is 0.144 e. The van der Waals surface area contributed by atoms with E-state index in [1.165, 1.54) is 16.7 Å². The fourth-order valence-electron chi connectivity index (χ4n) is 4.74. The van der Waals surface area contributed by atoms with Crippen LogP contribution in [0.1, 0.15) is 12.5 Å². The van der Waals surface area contributed by atoms with Crippen LogP contribution in [0.2, 0.25) is 0 Å². The van der Waals surface area contributed by atoms with Gasteiger partial charge in [-0.3, -0.25) is 0 Å². The molecule has 2 N–H and O–H groups in total. The predicted molar refractivity (Wildman–Crippen MR) is 149 cm³/mol. The van der Waals surface area contributed by atoms with Crippen LogP contribution in [-0.4, -0.2) is 16.7 Å². The summed E-state index contributed by atoms with van der Waals surface area (Å²) in [6.07, 6.45) is 0.888. The van der Waals surface area contributed by atoms with E-state index in [0.717, 1.165) is 40.1 Å². The number of rotatable bonds is 8. The molecule has 0 aliphatic heterocycles. The topological polar surface area (TPSA) is 45.2 Å². The van der Waals surface area contributed by atoms with Gasteiger partial charge in [-0.15, -0.1) is 0 Å². The quantitative estimate of drug-likeness (QED) is 0.222. The van der Waals surface area contributed by atoms with Crippen LogP contribution in [0.3, 0.4) is 0 Å². The number of ether oxygens (including phenoxy) is 1. The van der Waals surface area contributed by atoms with Crippen molar-refractivity contribution in [2.24, 2.45) is 0 Å². The van der Waals surface area contributed by atoms with Crippen LogP contribution in [0.15, 0.2) is 122 Å². The summed E-state index contributed by atoms with van der Waals surface area (Å²) in [5, 5.41) is 9.44. The van der Waals surface area contributed by atoms with Crippen LogP contribution in [0, 0.1) is 0 Å². The van der Waals surface area contributed by atoms with Gasteiger partial charge in [0.25, 0.3) is 0 Å². The van der Waals surface area contributed by atoms with Crippen molar-refractivity contribution in [1.29, 1.82) is 0 Å². The number of hydrogen-bond donors (Lipinski definition) is 2. The fourth-order valence-corrected chi connectivity index (χ4v) is 4.74. The van der Waals surface area contributed by atoms with Gasteiger partial charge in [0.1, 0.15) is 18.1 Å². The molecule has 0 atom stereocenters. The van der Waals surface area contributed by atoms with E-state index in [0.29, 0.717) is 5.75 Å². The molecular weight excluding hydrogens is 442 g/mol. The molecule has 0 aliphatic rings. The first-order valence-electron chi connectivity index (χ1n) is 12.2. The Morgan fingerprint density at radius 3 is 2.00 bits per heavy atom. The highest BCUT2D eigenvalue weighted by atomic mass is 16.5. The molecule has 0 fully saturated rings. The number of hydrogen-bond acceptors (Lipinski definition) is 2. The third kappa shape index (κ3) is 4.69. The summed E-state index contributed by atoms with van der Waals surface area (Å²) >= 11 is 0. The lowest BCUT2D eigenvalue weighted by Crippen LogP contribution is -1.99. The highest BCUT2D eigenvalue weighted by molar-refractivity contribution is 5.93. The van der Waals surface area contributed by atoms with Gasteiger partial charge in [-0.25, -0.2) is 0 Å². The SMILES string of the molecule is C=C(O)COc1cccc(-c2ccccc2-c2[nH]c(-c3ccccc3)c(-c3ccccc3)c2CC)c1. The van der Waals surface area contributed by atoms with Crippen LogP contribution in [0.4, 0.5) is 0 Å². The Morgan fingerprint density at radius 2 is 1.33 bits per heavy atom. The van der Waals surface area contributed by atoms with E-state index in [9.17, 15) is 5.11 Å². The molecule has 1 heterocycles. The van der Waals surface area contributed by atoms with Gasteiger partial charge >= 0.3 is 0 Å². The molecule has 36 heavy (non-hydrogen) atoms. The van der Waals surface area contributed by atoms with Crippen molar-refractivity contribution in [3.05, 3.63) is 127 Å². The highest BCUT2D eigenvalue weighted by Gasteiger charge is 2.21. The van der Waals surface area contributed by atoms with Crippen LogP contribution in [-0.2, 0) is 6.42 Å². The second-order valence-corrected chi connectivity index (χ2v) is 8.74. The minimum Gasteiger partial charge on any atom is -0.509 e. The summed E-state index contributed by atoms with van der Waals surface area (Å²) in [5.41, 5.74) is 10.4. The molecule has 0 radical (unpaired) electrons. The van der Waals surface area contributed by atoms with Crippen LogP contribution in [0.5, 0.6) is 5.75 Å². The van der Waals surface area contributed by atoms with Gasteiger partial charge in [0.2, 0.25) is 0 Å². The lowest BCUT2D eigenvalue weighted by Gasteiger charge is -2.13. The van der Waals surface area contributed by atoms with E-state index >= 15 is 0 Å². The normalized spacial score (nSPS) is 10.8. The number of H-pyrrole nitrogens is 1. The van der Waals surface area contributed by atoms with Crippen LogP contribution in [0.25, 0.3) is 44.8 Å². The van der Waals surface area contributed by atoms with E-state index < -0.39 is 0 Å². The Labute approximate surface area is 212 Å². The third-order valence-corrected chi connectivity index (χ3v) is 6.33. The second-order valence-electron chi connectivity index (χ2n) is 8.74. The zero-order valence-electron chi connectivity index (χ0n) is 20.4. The maximum atomic E-state index is 9.44.